The summed E-state index contributed by atoms with van der Waals surface area (Å²) in [5.74, 6) is 0.988. The van der Waals surface area contributed by atoms with Gasteiger partial charge in [0.15, 0.2) is 0 Å². The first-order valence-electron chi connectivity index (χ1n) is 6.49. The van der Waals surface area contributed by atoms with Gasteiger partial charge in [-0.25, -0.2) is 0 Å². The molecular weight excluding hydrogens is 240 g/mol. The molecule has 0 aliphatic rings. The summed E-state index contributed by atoms with van der Waals surface area (Å²) in [6, 6.07) is 9.47. The van der Waals surface area contributed by atoms with E-state index in [9.17, 15) is 4.79 Å². The molecule has 19 heavy (non-hydrogen) atoms. The van der Waals surface area contributed by atoms with Gasteiger partial charge in [-0.1, -0.05) is 18.2 Å². The Hall–Kier alpha value is -2.10. The van der Waals surface area contributed by atoms with E-state index in [0.717, 1.165) is 18.7 Å². The third-order valence-electron chi connectivity index (χ3n) is 3.11. The Morgan fingerprint density at radius 1 is 1.16 bits per heavy atom. The van der Waals surface area contributed by atoms with Crippen molar-refractivity contribution in [1.82, 2.24) is 4.98 Å². The van der Waals surface area contributed by atoms with Crippen molar-refractivity contribution in [3.63, 3.8) is 0 Å². The maximum Gasteiger partial charge on any atom is 0.281 e. The molecule has 0 N–H and O–H groups in total. The van der Waals surface area contributed by atoms with Gasteiger partial charge in [0.05, 0.1) is 5.56 Å². The monoisotopic (exact) mass is 258 g/mol. The summed E-state index contributed by atoms with van der Waals surface area (Å²) in [6.07, 6.45) is 0. The highest BCUT2D eigenvalue weighted by molar-refractivity contribution is 5.55. The minimum atomic E-state index is -0.230. The van der Waals surface area contributed by atoms with Crippen LogP contribution in [0.4, 0.5) is 5.88 Å². The van der Waals surface area contributed by atoms with E-state index in [1.807, 2.05) is 49.1 Å². The topological polar surface area (TPSA) is 46.3 Å². The van der Waals surface area contributed by atoms with Crippen molar-refractivity contribution in [2.75, 3.05) is 18.0 Å². The summed E-state index contributed by atoms with van der Waals surface area (Å²) < 4.78 is 5.83. The first-order chi connectivity index (χ1) is 9.17. The van der Waals surface area contributed by atoms with Crippen LogP contribution in [-0.2, 0) is 0 Å². The molecule has 0 saturated carbocycles. The average Bonchev–Trinajstić information content (AvgIpc) is 2.45. The van der Waals surface area contributed by atoms with Crippen LogP contribution >= 0.6 is 0 Å². The predicted octanol–water partition coefficient (Wildman–Crippen LogP) is 2.86. The minimum absolute atomic E-state index is 0.230. The zero-order chi connectivity index (χ0) is 13.8. The summed E-state index contributed by atoms with van der Waals surface area (Å²) in [4.78, 5) is 18.0. The SMILES string of the molecule is CCN(CC)c1oc(-c2ccccc2)nc(=O)c1C. The van der Waals surface area contributed by atoms with Crippen molar-refractivity contribution in [3.8, 4) is 11.5 Å². The van der Waals surface area contributed by atoms with Crippen molar-refractivity contribution in [2.24, 2.45) is 0 Å². The molecule has 0 spiro atoms. The van der Waals surface area contributed by atoms with Gasteiger partial charge in [0.1, 0.15) is 0 Å². The maximum atomic E-state index is 12.0. The maximum absolute atomic E-state index is 12.0. The molecule has 0 amide bonds. The Morgan fingerprint density at radius 3 is 2.37 bits per heavy atom. The third kappa shape index (κ3) is 2.67. The third-order valence-corrected chi connectivity index (χ3v) is 3.11. The number of nitrogens with zero attached hydrogens (tertiary/aromatic N) is 2. The van der Waals surface area contributed by atoms with Gasteiger partial charge in [-0.15, -0.1) is 0 Å². The standard InChI is InChI=1S/C15H18N2O2/c1-4-17(5-2)15-11(3)13(18)16-14(19-15)12-9-7-6-8-10-12/h6-10H,4-5H2,1-3H3. The van der Waals surface area contributed by atoms with Crippen LogP contribution in [0.15, 0.2) is 39.5 Å². The van der Waals surface area contributed by atoms with Gasteiger partial charge in [-0.05, 0) is 32.9 Å². The zero-order valence-corrected chi connectivity index (χ0v) is 11.5. The Labute approximate surface area is 112 Å². The number of aromatic nitrogens is 1. The van der Waals surface area contributed by atoms with E-state index in [1.54, 1.807) is 6.92 Å². The predicted molar refractivity (Wildman–Crippen MR) is 76.5 cm³/mol. The van der Waals surface area contributed by atoms with Crippen LogP contribution < -0.4 is 10.5 Å². The minimum Gasteiger partial charge on any atom is -0.422 e. The first kappa shape index (κ1) is 13.3. The summed E-state index contributed by atoms with van der Waals surface area (Å²) in [5, 5.41) is 0. The molecule has 4 nitrogen and oxygen atoms in total. The lowest BCUT2D eigenvalue weighted by molar-refractivity contribution is 0.522. The van der Waals surface area contributed by atoms with Crippen molar-refractivity contribution < 1.29 is 4.42 Å². The summed E-state index contributed by atoms with van der Waals surface area (Å²) in [6.45, 7) is 7.40. The van der Waals surface area contributed by atoms with Gasteiger partial charge in [-0.2, -0.15) is 4.98 Å². The number of anilines is 1. The van der Waals surface area contributed by atoms with Crippen LogP contribution in [0, 0.1) is 6.92 Å². The van der Waals surface area contributed by atoms with E-state index in [-0.39, 0.29) is 5.56 Å². The Kier molecular flexibility index (Phi) is 4.00. The highest BCUT2D eigenvalue weighted by Crippen LogP contribution is 2.23. The summed E-state index contributed by atoms with van der Waals surface area (Å²) in [5.41, 5.74) is 1.14. The van der Waals surface area contributed by atoms with Crippen LogP contribution in [-0.4, -0.2) is 18.1 Å². The molecule has 1 heterocycles. The Bertz CT molecular complexity index is 601. The second kappa shape index (κ2) is 5.69. The van der Waals surface area contributed by atoms with Crippen molar-refractivity contribution in [1.29, 1.82) is 0 Å². The fraction of sp³-hybridized carbons (Fsp3) is 0.333. The molecule has 4 heteroatoms. The molecule has 0 saturated heterocycles. The van der Waals surface area contributed by atoms with E-state index in [2.05, 4.69) is 4.98 Å². The van der Waals surface area contributed by atoms with Crippen LogP contribution in [0.1, 0.15) is 19.4 Å². The fourth-order valence-corrected chi connectivity index (χ4v) is 1.98. The van der Waals surface area contributed by atoms with E-state index in [1.165, 1.54) is 0 Å². The quantitative estimate of drug-likeness (QED) is 0.846. The van der Waals surface area contributed by atoms with Gasteiger partial charge in [0.25, 0.3) is 5.56 Å². The second-order valence-corrected chi connectivity index (χ2v) is 4.29. The van der Waals surface area contributed by atoms with Crippen molar-refractivity contribution >= 4 is 5.88 Å². The van der Waals surface area contributed by atoms with E-state index < -0.39 is 0 Å². The molecule has 0 fully saturated rings. The summed E-state index contributed by atoms with van der Waals surface area (Å²) >= 11 is 0. The van der Waals surface area contributed by atoms with Crippen LogP contribution in [0.3, 0.4) is 0 Å². The van der Waals surface area contributed by atoms with Crippen LogP contribution in [0.25, 0.3) is 11.5 Å². The lowest BCUT2D eigenvalue weighted by Gasteiger charge is -2.20. The highest BCUT2D eigenvalue weighted by atomic mass is 16.4. The Morgan fingerprint density at radius 2 is 1.79 bits per heavy atom. The molecule has 0 radical (unpaired) electrons. The number of hydrogen-bond acceptors (Lipinski definition) is 4. The highest BCUT2D eigenvalue weighted by Gasteiger charge is 2.15. The molecule has 0 atom stereocenters. The van der Waals surface area contributed by atoms with E-state index in [0.29, 0.717) is 17.3 Å². The molecule has 1 aromatic carbocycles. The normalized spacial score (nSPS) is 10.5. The van der Waals surface area contributed by atoms with Crippen LogP contribution in [0.2, 0.25) is 0 Å². The van der Waals surface area contributed by atoms with Gasteiger partial charge < -0.3 is 9.32 Å². The van der Waals surface area contributed by atoms with Gasteiger partial charge in [-0.3, -0.25) is 4.79 Å². The number of benzene rings is 1. The first-order valence-corrected chi connectivity index (χ1v) is 6.49. The lowest BCUT2D eigenvalue weighted by atomic mass is 10.2. The molecule has 2 aromatic rings. The number of rotatable bonds is 4. The van der Waals surface area contributed by atoms with Gasteiger partial charge in [0, 0.05) is 18.7 Å². The molecule has 100 valence electrons. The van der Waals surface area contributed by atoms with E-state index in [4.69, 9.17) is 4.42 Å². The van der Waals surface area contributed by atoms with Crippen molar-refractivity contribution in [3.05, 3.63) is 46.2 Å². The zero-order valence-electron chi connectivity index (χ0n) is 11.5. The lowest BCUT2D eigenvalue weighted by Crippen LogP contribution is -2.26. The molecule has 1 aromatic heterocycles. The fourth-order valence-electron chi connectivity index (χ4n) is 1.98. The van der Waals surface area contributed by atoms with Gasteiger partial charge >= 0.3 is 0 Å². The Balaban J connectivity index is 2.57. The van der Waals surface area contributed by atoms with Gasteiger partial charge in [0.2, 0.25) is 11.8 Å². The van der Waals surface area contributed by atoms with E-state index >= 15 is 0 Å². The smallest absolute Gasteiger partial charge is 0.281 e. The van der Waals surface area contributed by atoms with Crippen molar-refractivity contribution in [2.45, 2.75) is 20.8 Å². The molecule has 0 bridgehead atoms. The summed E-state index contributed by atoms with van der Waals surface area (Å²) in [7, 11) is 0. The second-order valence-electron chi connectivity index (χ2n) is 4.29. The molecule has 0 aliphatic carbocycles. The average molecular weight is 258 g/mol. The largest absolute Gasteiger partial charge is 0.422 e. The van der Waals surface area contributed by atoms with Crippen LogP contribution in [0.5, 0.6) is 0 Å². The molecule has 0 unspecified atom stereocenters. The molecule has 2 rings (SSSR count). The molecule has 0 aliphatic heterocycles. The number of hydrogen-bond donors (Lipinski definition) is 0. The molecular formula is C15H18N2O2.